The van der Waals surface area contributed by atoms with Gasteiger partial charge in [-0.25, -0.2) is 0 Å². The molecule has 0 spiro atoms. The predicted octanol–water partition coefficient (Wildman–Crippen LogP) is 3.47. The lowest BCUT2D eigenvalue weighted by Crippen LogP contribution is -2.32. The molecule has 1 saturated heterocycles. The Balaban J connectivity index is 1.86. The Morgan fingerprint density at radius 1 is 1.19 bits per heavy atom. The van der Waals surface area contributed by atoms with Gasteiger partial charge in [0.2, 0.25) is 0 Å². The molecule has 3 rings (SSSR count). The minimum Gasteiger partial charge on any atom is -0.369 e. The van der Waals surface area contributed by atoms with Gasteiger partial charge in [-0.15, -0.1) is 0 Å². The van der Waals surface area contributed by atoms with Gasteiger partial charge in [-0.1, -0.05) is 23.2 Å². The summed E-state index contributed by atoms with van der Waals surface area (Å²) in [6.45, 7) is 1.77. The third kappa shape index (κ3) is 2.82. The van der Waals surface area contributed by atoms with Crippen molar-refractivity contribution in [1.82, 2.24) is 0 Å². The lowest BCUT2D eigenvalue weighted by Gasteiger charge is -2.27. The average molecular weight is 330 g/mol. The zero-order valence-electron chi connectivity index (χ0n) is 11.5. The monoisotopic (exact) mass is 329 g/mol. The van der Waals surface area contributed by atoms with Crippen LogP contribution in [0.15, 0.2) is 12.1 Å². The van der Waals surface area contributed by atoms with Crippen LogP contribution >= 0.6 is 23.2 Å². The molecule has 21 heavy (non-hydrogen) atoms. The maximum atomic E-state index is 10.8. The summed E-state index contributed by atoms with van der Waals surface area (Å²) in [5.74, 6) is 1.18. The smallest absolute Gasteiger partial charge is 0.272 e. The fourth-order valence-electron chi connectivity index (χ4n) is 3.61. The summed E-state index contributed by atoms with van der Waals surface area (Å²) in [5, 5.41) is 11.5. The molecular weight excluding hydrogens is 313 g/mol. The van der Waals surface area contributed by atoms with Crippen LogP contribution in [0.25, 0.3) is 0 Å². The Kier molecular flexibility index (Phi) is 3.99. The Labute approximate surface area is 133 Å². The molecule has 5 nitrogen and oxygen atoms in total. The van der Waals surface area contributed by atoms with E-state index in [0.717, 1.165) is 32.4 Å². The molecule has 1 aliphatic carbocycles. The zero-order valence-corrected chi connectivity index (χ0v) is 13.0. The van der Waals surface area contributed by atoms with Crippen LogP contribution in [-0.4, -0.2) is 24.1 Å². The van der Waals surface area contributed by atoms with Gasteiger partial charge in [0, 0.05) is 31.3 Å². The molecule has 0 amide bonds. The highest BCUT2D eigenvalue weighted by molar-refractivity contribution is 6.39. The number of hydrogen-bond acceptors (Lipinski definition) is 4. The molecule has 114 valence electrons. The van der Waals surface area contributed by atoms with Crippen LogP contribution < -0.4 is 10.6 Å². The van der Waals surface area contributed by atoms with Gasteiger partial charge >= 0.3 is 0 Å². The summed E-state index contributed by atoms with van der Waals surface area (Å²) in [6.07, 6.45) is 3.23. The van der Waals surface area contributed by atoms with E-state index in [4.69, 9.17) is 28.9 Å². The number of anilines is 1. The van der Waals surface area contributed by atoms with E-state index in [-0.39, 0.29) is 11.7 Å². The Morgan fingerprint density at radius 3 is 2.43 bits per heavy atom. The second-order valence-corrected chi connectivity index (χ2v) is 6.83. The van der Waals surface area contributed by atoms with Crippen molar-refractivity contribution in [3.05, 3.63) is 32.3 Å². The second-order valence-electron chi connectivity index (χ2n) is 6.01. The van der Waals surface area contributed by atoms with E-state index >= 15 is 0 Å². The predicted molar refractivity (Wildman–Crippen MR) is 84.1 cm³/mol. The lowest BCUT2D eigenvalue weighted by atomic mass is 9.79. The van der Waals surface area contributed by atoms with E-state index in [1.807, 2.05) is 0 Å². The van der Waals surface area contributed by atoms with Crippen LogP contribution in [0.4, 0.5) is 11.4 Å². The van der Waals surface area contributed by atoms with Crippen molar-refractivity contribution < 1.29 is 4.92 Å². The number of nitro benzene ring substituents is 1. The summed E-state index contributed by atoms with van der Waals surface area (Å²) >= 11 is 12.5. The number of nitro groups is 1. The number of rotatable bonds is 2. The van der Waals surface area contributed by atoms with Crippen LogP contribution in [0, 0.1) is 22.0 Å². The summed E-state index contributed by atoms with van der Waals surface area (Å²) < 4.78 is 0. The third-order valence-corrected chi connectivity index (χ3v) is 5.20. The van der Waals surface area contributed by atoms with Gasteiger partial charge in [0.05, 0.1) is 20.7 Å². The number of non-ortho nitro benzene ring substituents is 1. The highest BCUT2D eigenvalue weighted by Gasteiger charge is 2.38. The highest BCUT2D eigenvalue weighted by Crippen LogP contribution is 2.43. The van der Waals surface area contributed by atoms with Gasteiger partial charge in [-0.3, -0.25) is 10.1 Å². The largest absolute Gasteiger partial charge is 0.369 e. The SMILES string of the molecule is NC1CC[C@@H]2CN(c3c(Cl)cc([N+](=O)[O-])cc3Cl)C[C@@H]2C1. The topological polar surface area (TPSA) is 72.4 Å². The van der Waals surface area contributed by atoms with Crippen molar-refractivity contribution in [2.24, 2.45) is 17.6 Å². The summed E-state index contributed by atoms with van der Waals surface area (Å²) in [4.78, 5) is 12.5. The van der Waals surface area contributed by atoms with Gasteiger partial charge < -0.3 is 10.6 Å². The van der Waals surface area contributed by atoms with Gasteiger partial charge in [0.15, 0.2) is 0 Å². The molecular formula is C14H17Cl2N3O2. The van der Waals surface area contributed by atoms with Crippen molar-refractivity contribution in [2.75, 3.05) is 18.0 Å². The van der Waals surface area contributed by atoms with E-state index in [1.54, 1.807) is 0 Å². The Bertz CT molecular complexity index is 558. The maximum absolute atomic E-state index is 10.8. The van der Waals surface area contributed by atoms with E-state index < -0.39 is 4.92 Å². The standard InChI is InChI=1S/C14H17Cl2N3O2/c15-12-4-11(19(20)21)5-13(16)14(12)18-6-8-1-2-10(17)3-9(8)7-18/h4-5,8-10H,1-3,6-7,17H2/t8-,9+,10?/m1/s1. The molecule has 1 heterocycles. The van der Waals surface area contributed by atoms with E-state index in [1.165, 1.54) is 12.1 Å². The average Bonchev–Trinajstić information content (AvgIpc) is 2.80. The zero-order chi connectivity index (χ0) is 15.1. The van der Waals surface area contributed by atoms with Crippen LogP contribution in [0.3, 0.4) is 0 Å². The van der Waals surface area contributed by atoms with E-state index in [9.17, 15) is 10.1 Å². The number of benzene rings is 1. The number of fused-ring (bicyclic) bond motifs is 1. The van der Waals surface area contributed by atoms with Crippen molar-refractivity contribution in [2.45, 2.75) is 25.3 Å². The normalized spacial score (nSPS) is 28.5. The molecule has 1 aromatic rings. The van der Waals surface area contributed by atoms with Crippen molar-refractivity contribution >= 4 is 34.6 Å². The molecule has 0 aromatic heterocycles. The minimum atomic E-state index is -0.482. The number of hydrogen-bond donors (Lipinski definition) is 1. The summed E-state index contributed by atoms with van der Waals surface area (Å²) in [5.41, 5.74) is 6.68. The lowest BCUT2D eigenvalue weighted by molar-refractivity contribution is -0.384. The fourth-order valence-corrected chi connectivity index (χ4v) is 4.32. The molecule has 2 fully saturated rings. The van der Waals surface area contributed by atoms with E-state index in [0.29, 0.717) is 27.6 Å². The van der Waals surface area contributed by atoms with Gasteiger partial charge in [0.1, 0.15) is 0 Å². The molecule has 1 saturated carbocycles. The summed E-state index contributed by atoms with van der Waals surface area (Å²) in [6, 6.07) is 3.03. The first-order chi connectivity index (χ1) is 9.95. The molecule has 7 heteroatoms. The van der Waals surface area contributed by atoms with Gasteiger partial charge in [-0.05, 0) is 31.1 Å². The number of nitrogens with two attached hydrogens (primary N) is 1. The molecule has 0 radical (unpaired) electrons. The molecule has 1 aromatic carbocycles. The van der Waals surface area contributed by atoms with Crippen molar-refractivity contribution in [1.29, 1.82) is 0 Å². The number of nitrogens with zero attached hydrogens (tertiary/aromatic N) is 2. The molecule has 3 atom stereocenters. The Hall–Kier alpha value is -1.04. The third-order valence-electron chi connectivity index (χ3n) is 4.62. The first kappa shape index (κ1) is 14.9. The van der Waals surface area contributed by atoms with Gasteiger partial charge in [-0.2, -0.15) is 0 Å². The minimum absolute atomic E-state index is 0.0765. The molecule has 2 N–H and O–H groups in total. The van der Waals surface area contributed by atoms with E-state index in [2.05, 4.69) is 4.90 Å². The Morgan fingerprint density at radius 2 is 1.81 bits per heavy atom. The van der Waals surface area contributed by atoms with Crippen LogP contribution in [0.5, 0.6) is 0 Å². The molecule has 1 unspecified atom stereocenters. The van der Waals surface area contributed by atoms with Crippen molar-refractivity contribution in [3.63, 3.8) is 0 Å². The first-order valence-electron chi connectivity index (χ1n) is 7.09. The quantitative estimate of drug-likeness (QED) is 0.666. The van der Waals surface area contributed by atoms with Crippen LogP contribution in [0.2, 0.25) is 10.0 Å². The summed E-state index contributed by atoms with van der Waals surface area (Å²) in [7, 11) is 0. The highest BCUT2D eigenvalue weighted by atomic mass is 35.5. The first-order valence-corrected chi connectivity index (χ1v) is 7.85. The molecule has 2 aliphatic rings. The molecule has 1 aliphatic heterocycles. The van der Waals surface area contributed by atoms with Crippen molar-refractivity contribution in [3.8, 4) is 0 Å². The fraction of sp³-hybridized carbons (Fsp3) is 0.571. The maximum Gasteiger partial charge on any atom is 0.272 e. The van der Waals surface area contributed by atoms with Crippen LogP contribution in [-0.2, 0) is 0 Å². The second kappa shape index (κ2) is 5.63. The van der Waals surface area contributed by atoms with Gasteiger partial charge in [0.25, 0.3) is 5.69 Å². The number of halogens is 2. The molecule has 0 bridgehead atoms. The van der Waals surface area contributed by atoms with Crippen LogP contribution in [0.1, 0.15) is 19.3 Å².